The number of nitrogens with two attached hydrogens (primary N) is 1. The van der Waals surface area contributed by atoms with Gasteiger partial charge < -0.3 is 5.73 Å². The van der Waals surface area contributed by atoms with Gasteiger partial charge in [0.15, 0.2) is 0 Å². The van der Waals surface area contributed by atoms with Gasteiger partial charge in [-0.2, -0.15) is 5.26 Å². The minimum absolute atomic E-state index is 0.197. The quantitative estimate of drug-likeness (QED) is 0.850. The molecule has 0 aliphatic rings. The van der Waals surface area contributed by atoms with Gasteiger partial charge in [-0.15, -0.1) is 0 Å². The molecule has 0 saturated heterocycles. The van der Waals surface area contributed by atoms with E-state index in [2.05, 4.69) is 0 Å². The highest BCUT2D eigenvalue weighted by atomic mass is 32.2. The average molecular weight is 309 g/mol. The number of hydrogen-bond acceptors (Lipinski definition) is 4. The van der Waals surface area contributed by atoms with Crippen molar-refractivity contribution in [2.45, 2.75) is 4.90 Å². The Hall–Kier alpha value is -2.66. The van der Waals surface area contributed by atoms with E-state index in [1.54, 1.807) is 6.07 Å². The Labute approximate surface area is 119 Å². The fraction of sp³-hybridized carbons (Fsp3) is 0. The summed E-state index contributed by atoms with van der Waals surface area (Å²) < 4.78 is 53.0. The van der Waals surface area contributed by atoms with Crippen molar-refractivity contribution < 1.29 is 17.2 Å². The topological polar surface area (TPSA) is 96.0 Å². The molecule has 0 saturated carbocycles. The third kappa shape index (κ3) is 2.93. The summed E-state index contributed by atoms with van der Waals surface area (Å²) in [4.78, 5) is -0.387. The van der Waals surface area contributed by atoms with E-state index in [9.17, 15) is 17.2 Å². The van der Waals surface area contributed by atoms with Crippen LogP contribution in [0.2, 0.25) is 0 Å². The Morgan fingerprint density at radius 3 is 2.48 bits per heavy atom. The first-order valence-corrected chi connectivity index (χ1v) is 7.10. The number of nitriles is 1. The predicted octanol–water partition coefficient (Wildman–Crippen LogP) is 2.22. The molecule has 0 aliphatic carbocycles. The smallest absolute Gasteiger partial charge is 0.262 e. The van der Waals surface area contributed by atoms with Crippen LogP contribution in [0.1, 0.15) is 5.56 Å². The van der Waals surface area contributed by atoms with Crippen LogP contribution in [0, 0.1) is 23.0 Å². The Kier molecular flexibility index (Phi) is 3.78. The number of anilines is 2. The molecule has 3 N–H and O–H groups in total. The molecule has 2 rings (SSSR count). The maximum Gasteiger partial charge on any atom is 0.262 e. The summed E-state index contributed by atoms with van der Waals surface area (Å²) in [6.45, 7) is 0. The summed E-state index contributed by atoms with van der Waals surface area (Å²) in [5.74, 6) is -1.75. The Morgan fingerprint density at radius 2 is 1.86 bits per heavy atom. The minimum Gasteiger partial charge on any atom is -0.396 e. The van der Waals surface area contributed by atoms with Crippen LogP contribution in [0.4, 0.5) is 20.2 Å². The Bertz CT molecular complexity index is 845. The van der Waals surface area contributed by atoms with Gasteiger partial charge in [0.2, 0.25) is 0 Å². The highest BCUT2D eigenvalue weighted by Crippen LogP contribution is 2.23. The molecule has 0 amide bonds. The summed E-state index contributed by atoms with van der Waals surface area (Å²) >= 11 is 0. The third-order valence-corrected chi connectivity index (χ3v) is 4.02. The standard InChI is InChI=1S/C13H9F2N3O2S/c14-10-2-1-3-13(9(10)7-16)18-21(19,20)8-4-5-12(17)11(15)6-8/h1-6,18H,17H2. The second-order valence-electron chi connectivity index (χ2n) is 4.06. The molecule has 0 unspecified atom stereocenters. The van der Waals surface area contributed by atoms with Gasteiger partial charge in [0, 0.05) is 0 Å². The van der Waals surface area contributed by atoms with E-state index in [1.807, 2.05) is 4.72 Å². The van der Waals surface area contributed by atoms with E-state index in [0.717, 1.165) is 24.3 Å². The molecule has 0 spiro atoms. The van der Waals surface area contributed by atoms with Gasteiger partial charge in [0.05, 0.1) is 16.3 Å². The summed E-state index contributed by atoms with van der Waals surface area (Å²) in [6.07, 6.45) is 0. The number of benzene rings is 2. The van der Waals surface area contributed by atoms with Crippen LogP contribution in [-0.4, -0.2) is 8.42 Å². The fourth-order valence-electron chi connectivity index (χ4n) is 1.60. The molecule has 0 aliphatic heterocycles. The van der Waals surface area contributed by atoms with E-state index < -0.39 is 27.2 Å². The first kappa shape index (κ1) is 14.7. The lowest BCUT2D eigenvalue weighted by Crippen LogP contribution is -2.14. The molecular weight excluding hydrogens is 300 g/mol. The molecule has 5 nitrogen and oxygen atoms in total. The summed E-state index contributed by atoms with van der Waals surface area (Å²) in [7, 11) is -4.17. The predicted molar refractivity (Wildman–Crippen MR) is 72.7 cm³/mol. The minimum atomic E-state index is -4.17. The molecule has 0 fully saturated rings. The molecular formula is C13H9F2N3O2S. The first-order valence-electron chi connectivity index (χ1n) is 5.61. The molecule has 0 atom stereocenters. The molecule has 2 aromatic rings. The fourth-order valence-corrected chi connectivity index (χ4v) is 2.68. The van der Waals surface area contributed by atoms with Crippen molar-refractivity contribution in [3.63, 3.8) is 0 Å². The van der Waals surface area contributed by atoms with E-state index in [1.165, 1.54) is 12.1 Å². The van der Waals surface area contributed by atoms with Crippen LogP contribution in [0.3, 0.4) is 0 Å². The highest BCUT2D eigenvalue weighted by Gasteiger charge is 2.18. The molecule has 21 heavy (non-hydrogen) atoms. The molecule has 0 aromatic heterocycles. The normalized spacial score (nSPS) is 10.9. The third-order valence-electron chi connectivity index (χ3n) is 2.65. The van der Waals surface area contributed by atoms with Crippen molar-refractivity contribution in [1.29, 1.82) is 5.26 Å². The van der Waals surface area contributed by atoms with E-state index in [0.29, 0.717) is 0 Å². The van der Waals surface area contributed by atoms with Crippen LogP contribution in [0.15, 0.2) is 41.3 Å². The van der Waals surface area contributed by atoms with Gasteiger partial charge in [-0.05, 0) is 30.3 Å². The lowest BCUT2D eigenvalue weighted by atomic mass is 10.2. The van der Waals surface area contributed by atoms with Crippen molar-refractivity contribution in [3.05, 3.63) is 53.6 Å². The largest absolute Gasteiger partial charge is 0.396 e. The van der Waals surface area contributed by atoms with Crippen LogP contribution in [-0.2, 0) is 10.0 Å². The van der Waals surface area contributed by atoms with Crippen molar-refractivity contribution >= 4 is 21.4 Å². The van der Waals surface area contributed by atoms with Crippen LogP contribution in [0.25, 0.3) is 0 Å². The monoisotopic (exact) mass is 309 g/mol. The number of rotatable bonds is 3. The highest BCUT2D eigenvalue weighted by molar-refractivity contribution is 7.92. The SMILES string of the molecule is N#Cc1c(F)cccc1NS(=O)(=O)c1ccc(N)c(F)c1. The van der Waals surface area contributed by atoms with Gasteiger partial charge in [0.1, 0.15) is 23.3 Å². The van der Waals surface area contributed by atoms with Gasteiger partial charge in [0.25, 0.3) is 10.0 Å². The van der Waals surface area contributed by atoms with Crippen LogP contribution in [0.5, 0.6) is 0 Å². The number of nitrogens with zero attached hydrogens (tertiary/aromatic N) is 1. The van der Waals surface area contributed by atoms with E-state index in [4.69, 9.17) is 11.0 Å². The maximum atomic E-state index is 13.4. The first-order chi connectivity index (χ1) is 9.85. The van der Waals surface area contributed by atoms with Crippen LogP contribution < -0.4 is 10.5 Å². The summed E-state index contributed by atoms with van der Waals surface area (Å²) in [5.41, 5.74) is 4.40. The van der Waals surface area contributed by atoms with Gasteiger partial charge in [-0.25, -0.2) is 17.2 Å². The number of hydrogen-bond donors (Lipinski definition) is 2. The van der Waals surface area contributed by atoms with Crippen molar-refractivity contribution in [1.82, 2.24) is 0 Å². The van der Waals surface area contributed by atoms with E-state index in [-0.39, 0.29) is 16.3 Å². The lowest BCUT2D eigenvalue weighted by Gasteiger charge is -2.10. The molecule has 2 aromatic carbocycles. The second kappa shape index (κ2) is 5.38. The maximum absolute atomic E-state index is 13.4. The molecule has 0 radical (unpaired) electrons. The summed E-state index contributed by atoms with van der Waals surface area (Å²) in [5, 5.41) is 8.85. The van der Waals surface area contributed by atoms with Gasteiger partial charge >= 0.3 is 0 Å². The molecule has 0 bridgehead atoms. The van der Waals surface area contributed by atoms with Crippen molar-refractivity contribution in [2.75, 3.05) is 10.5 Å². The molecule has 8 heteroatoms. The number of nitrogens with one attached hydrogen (secondary N) is 1. The van der Waals surface area contributed by atoms with E-state index >= 15 is 0 Å². The second-order valence-corrected chi connectivity index (χ2v) is 5.75. The Balaban J connectivity index is 2.45. The van der Waals surface area contributed by atoms with Gasteiger partial charge in [-0.3, -0.25) is 4.72 Å². The van der Waals surface area contributed by atoms with Crippen LogP contribution >= 0.6 is 0 Å². The van der Waals surface area contributed by atoms with Crippen molar-refractivity contribution in [2.24, 2.45) is 0 Å². The Morgan fingerprint density at radius 1 is 1.14 bits per heavy atom. The molecule has 0 heterocycles. The number of nitrogen functional groups attached to an aromatic ring is 1. The zero-order valence-corrected chi connectivity index (χ0v) is 11.3. The lowest BCUT2D eigenvalue weighted by molar-refractivity contribution is 0.596. The zero-order chi connectivity index (χ0) is 15.6. The number of halogens is 2. The number of sulfonamides is 1. The summed E-state index contributed by atoms with van der Waals surface area (Å²) in [6, 6.07) is 8.01. The average Bonchev–Trinajstić information content (AvgIpc) is 2.41. The molecule has 108 valence electrons. The zero-order valence-electron chi connectivity index (χ0n) is 10.5. The van der Waals surface area contributed by atoms with Gasteiger partial charge in [-0.1, -0.05) is 6.07 Å². The van der Waals surface area contributed by atoms with Crippen molar-refractivity contribution in [3.8, 4) is 6.07 Å².